The minimum atomic E-state index is -4.51. The zero-order valence-corrected chi connectivity index (χ0v) is 21.2. The highest BCUT2D eigenvalue weighted by molar-refractivity contribution is 14.1. The molecule has 0 radical (unpaired) electrons. The average molecular weight is 614 g/mol. The van der Waals surface area contributed by atoms with Gasteiger partial charge in [-0.25, -0.2) is 8.78 Å². The van der Waals surface area contributed by atoms with E-state index in [-0.39, 0.29) is 28.9 Å². The second-order valence-corrected chi connectivity index (χ2v) is 10.1. The maximum Gasteiger partial charge on any atom is 0.416 e. The fourth-order valence-corrected chi connectivity index (χ4v) is 5.51. The third-order valence-electron chi connectivity index (χ3n) is 6.07. The van der Waals surface area contributed by atoms with Crippen LogP contribution >= 0.6 is 22.6 Å². The minimum absolute atomic E-state index is 0.0846. The first kappa shape index (κ1) is 26.1. The maximum atomic E-state index is 15.6. The smallest absolute Gasteiger partial charge is 0.348 e. The van der Waals surface area contributed by atoms with E-state index in [4.69, 9.17) is 0 Å². The van der Waals surface area contributed by atoms with Gasteiger partial charge in [0.1, 0.15) is 5.82 Å². The number of halogens is 6. The molecule has 0 aromatic heterocycles. The van der Waals surface area contributed by atoms with E-state index in [2.05, 4.69) is 5.32 Å². The van der Waals surface area contributed by atoms with Crippen LogP contribution < -0.4 is 10.2 Å². The van der Waals surface area contributed by atoms with Gasteiger partial charge in [-0.2, -0.15) is 13.2 Å². The van der Waals surface area contributed by atoms with Gasteiger partial charge in [-0.15, -0.1) is 0 Å². The van der Waals surface area contributed by atoms with Crippen LogP contribution in [0.25, 0.3) is 0 Å². The third-order valence-corrected chi connectivity index (χ3v) is 6.92. The molecule has 188 valence electrons. The van der Waals surface area contributed by atoms with E-state index in [1.807, 2.05) is 22.6 Å². The molecular formula is C26H20F5IN2O2. The number of nitrogens with one attached hydrogen (secondary N) is 1. The normalized spacial score (nSPS) is 15.6. The van der Waals surface area contributed by atoms with Crippen molar-refractivity contribution < 1.29 is 31.5 Å². The number of anilines is 1. The maximum absolute atomic E-state index is 15.6. The number of amides is 2. The summed E-state index contributed by atoms with van der Waals surface area (Å²) in [5, 5.41) is 2.56. The van der Waals surface area contributed by atoms with Crippen molar-refractivity contribution in [2.24, 2.45) is 0 Å². The lowest BCUT2D eigenvalue weighted by Crippen LogP contribution is -2.37. The second-order valence-electron chi connectivity index (χ2n) is 8.89. The summed E-state index contributed by atoms with van der Waals surface area (Å²) in [5.74, 6) is -2.02. The van der Waals surface area contributed by atoms with Gasteiger partial charge in [0, 0.05) is 26.8 Å². The molecule has 3 aromatic carbocycles. The highest BCUT2D eigenvalue weighted by atomic mass is 127. The lowest BCUT2D eigenvalue weighted by Gasteiger charge is -2.24. The molecule has 1 unspecified atom stereocenters. The summed E-state index contributed by atoms with van der Waals surface area (Å²) in [4.78, 5) is 27.0. The molecule has 1 heterocycles. The highest BCUT2D eigenvalue weighted by Crippen LogP contribution is 2.48. The van der Waals surface area contributed by atoms with Gasteiger partial charge in [-0.3, -0.25) is 14.5 Å². The summed E-state index contributed by atoms with van der Waals surface area (Å²) in [6.07, 6.45) is -6.64. The summed E-state index contributed by atoms with van der Waals surface area (Å²) < 4.78 is 69.4. The van der Waals surface area contributed by atoms with Crippen LogP contribution in [0.15, 0.2) is 60.7 Å². The first-order valence-electron chi connectivity index (χ1n) is 10.8. The lowest BCUT2D eigenvalue weighted by atomic mass is 9.86. The number of carbonyl (C=O) groups excluding carboxylic acids is 2. The van der Waals surface area contributed by atoms with E-state index in [9.17, 15) is 27.2 Å². The summed E-state index contributed by atoms with van der Waals surface area (Å²) in [6.45, 7) is 3.07. The molecule has 4 rings (SSSR count). The molecule has 1 aliphatic rings. The molecule has 0 fully saturated rings. The number of alkyl halides is 4. The second kappa shape index (κ2) is 9.45. The molecule has 1 atom stereocenters. The molecule has 1 N–H and O–H groups in total. The van der Waals surface area contributed by atoms with E-state index in [0.29, 0.717) is 9.13 Å². The van der Waals surface area contributed by atoms with Crippen molar-refractivity contribution in [1.29, 1.82) is 0 Å². The molecule has 3 aromatic rings. The van der Waals surface area contributed by atoms with Crippen molar-refractivity contribution in [2.75, 3.05) is 4.90 Å². The largest absolute Gasteiger partial charge is 0.416 e. The summed E-state index contributed by atoms with van der Waals surface area (Å²) in [5.41, 5.74) is -1.31. The number of carbonyl (C=O) groups is 2. The van der Waals surface area contributed by atoms with E-state index >= 15 is 4.39 Å². The Labute approximate surface area is 217 Å². The molecule has 0 saturated carbocycles. The van der Waals surface area contributed by atoms with E-state index in [1.165, 1.54) is 42.5 Å². The molecule has 36 heavy (non-hydrogen) atoms. The van der Waals surface area contributed by atoms with Crippen LogP contribution in [0, 0.1) is 9.39 Å². The molecular weight excluding hydrogens is 594 g/mol. The predicted molar refractivity (Wildman–Crippen MR) is 133 cm³/mol. The molecule has 10 heteroatoms. The van der Waals surface area contributed by atoms with Crippen molar-refractivity contribution in [3.05, 3.63) is 97.9 Å². The SMILES string of the molecule is CC1(C)C(=O)N(C(F)c2ccccc2F)c2cc(C(=O)NCc3cccc(C(F)(F)F)c3)cc(I)c21. The summed E-state index contributed by atoms with van der Waals surface area (Å²) >= 11 is 1.95. The fraction of sp³-hybridized carbons (Fsp3) is 0.231. The van der Waals surface area contributed by atoms with Gasteiger partial charge in [0.05, 0.1) is 16.7 Å². The quantitative estimate of drug-likeness (QED) is 0.198. The van der Waals surface area contributed by atoms with Gasteiger partial charge in [0.2, 0.25) is 12.2 Å². The van der Waals surface area contributed by atoms with Gasteiger partial charge >= 0.3 is 6.18 Å². The number of fused-ring (bicyclic) bond motifs is 1. The summed E-state index contributed by atoms with van der Waals surface area (Å²) in [7, 11) is 0. The van der Waals surface area contributed by atoms with Crippen LogP contribution in [-0.4, -0.2) is 11.8 Å². The van der Waals surface area contributed by atoms with E-state index in [1.54, 1.807) is 13.8 Å². The van der Waals surface area contributed by atoms with Gasteiger partial charge in [0.25, 0.3) is 5.91 Å². The lowest BCUT2D eigenvalue weighted by molar-refractivity contribution is -0.137. The standard InChI is InChI=1S/C26H20F5IN2O2/c1-25(2)21-19(32)11-15(23(35)33-13-14-6-5-7-16(10-14)26(29,30)31)12-20(21)34(24(25)36)22(28)17-8-3-4-9-18(17)27/h3-12,22H,13H2,1-2H3,(H,33,35). The van der Waals surface area contributed by atoms with Crippen molar-refractivity contribution in [1.82, 2.24) is 5.32 Å². The highest BCUT2D eigenvalue weighted by Gasteiger charge is 2.49. The van der Waals surface area contributed by atoms with E-state index < -0.39 is 41.1 Å². The molecule has 2 amide bonds. The van der Waals surface area contributed by atoms with E-state index in [0.717, 1.165) is 23.1 Å². The van der Waals surface area contributed by atoms with Gasteiger partial charge < -0.3 is 5.32 Å². The van der Waals surface area contributed by atoms with Crippen molar-refractivity contribution in [3.63, 3.8) is 0 Å². The van der Waals surface area contributed by atoms with Crippen molar-refractivity contribution >= 4 is 40.1 Å². The number of hydrogen-bond acceptors (Lipinski definition) is 2. The van der Waals surface area contributed by atoms with Crippen LogP contribution in [-0.2, 0) is 22.9 Å². The zero-order valence-electron chi connectivity index (χ0n) is 19.1. The topological polar surface area (TPSA) is 49.4 Å². The Hall–Kier alpha value is -3.02. The van der Waals surface area contributed by atoms with Crippen molar-refractivity contribution in [3.8, 4) is 0 Å². The molecule has 0 spiro atoms. The fourth-order valence-electron chi connectivity index (χ4n) is 4.22. The average Bonchev–Trinajstić information content (AvgIpc) is 3.02. The summed E-state index contributed by atoms with van der Waals surface area (Å²) in [6, 6.07) is 12.6. The molecule has 0 bridgehead atoms. The molecule has 0 saturated heterocycles. The van der Waals surface area contributed by atoms with Crippen LogP contribution in [0.4, 0.5) is 27.6 Å². The Morgan fingerprint density at radius 1 is 1.08 bits per heavy atom. The monoisotopic (exact) mass is 614 g/mol. The first-order valence-corrected chi connectivity index (χ1v) is 11.9. The van der Waals surface area contributed by atoms with Gasteiger partial charge in [-0.1, -0.05) is 30.3 Å². The number of hydrogen-bond donors (Lipinski definition) is 1. The Balaban J connectivity index is 1.66. The first-order chi connectivity index (χ1) is 16.8. The Morgan fingerprint density at radius 3 is 2.44 bits per heavy atom. The Bertz CT molecular complexity index is 1360. The minimum Gasteiger partial charge on any atom is -0.348 e. The molecule has 0 aliphatic carbocycles. The van der Waals surface area contributed by atoms with Crippen LogP contribution in [0.5, 0.6) is 0 Å². The number of benzene rings is 3. The molecule has 1 aliphatic heterocycles. The zero-order chi connectivity index (χ0) is 26.4. The Morgan fingerprint density at radius 2 is 1.78 bits per heavy atom. The molecule has 4 nitrogen and oxygen atoms in total. The predicted octanol–water partition coefficient (Wildman–Crippen LogP) is 6.67. The van der Waals surface area contributed by atoms with Gasteiger partial charge in [0.15, 0.2) is 0 Å². The number of rotatable bonds is 5. The van der Waals surface area contributed by atoms with Crippen LogP contribution in [0.1, 0.15) is 52.8 Å². The van der Waals surface area contributed by atoms with Crippen LogP contribution in [0.3, 0.4) is 0 Å². The van der Waals surface area contributed by atoms with Gasteiger partial charge in [-0.05, 0) is 72.3 Å². The third kappa shape index (κ3) is 4.70. The van der Waals surface area contributed by atoms with Crippen LogP contribution in [0.2, 0.25) is 0 Å². The van der Waals surface area contributed by atoms with Crippen molar-refractivity contribution in [2.45, 2.75) is 38.3 Å². The number of nitrogens with zero attached hydrogens (tertiary/aromatic N) is 1. The Kier molecular flexibility index (Phi) is 6.84.